The van der Waals surface area contributed by atoms with E-state index in [1.165, 1.54) is 0 Å². The first-order valence-corrected chi connectivity index (χ1v) is 8.47. The minimum atomic E-state index is 0.297. The van der Waals surface area contributed by atoms with Gasteiger partial charge in [-0.15, -0.1) is 0 Å². The lowest BCUT2D eigenvalue weighted by atomic mass is 10.3. The van der Waals surface area contributed by atoms with Crippen molar-refractivity contribution in [1.82, 2.24) is 0 Å². The lowest BCUT2D eigenvalue weighted by molar-refractivity contribution is 0.303. The van der Waals surface area contributed by atoms with Crippen molar-refractivity contribution in [3.05, 3.63) is 45.4 Å². The summed E-state index contributed by atoms with van der Waals surface area (Å²) >= 11 is 22.1. The van der Waals surface area contributed by atoms with Crippen molar-refractivity contribution in [3.63, 3.8) is 0 Å². The molecule has 0 aliphatic heterocycles. The van der Waals surface area contributed by atoms with E-state index in [2.05, 4.69) is 0 Å². The van der Waals surface area contributed by atoms with E-state index in [0.29, 0.717) is 22.2 Å². The SMILES string of the molecule is ClC(Cl)=CCCCOc1ccc(OCCCC=C(Cl)Cl)cc1. The lowest BCUT2D eigenvalue weighted by Crippen LogP contribution is -1.98. The molecular formula is C16H18Cl4O2. The molecule has 0 saturated carbocycles. The Kier molecular flexibility index (Phi) is 10.6. The van der Waals surface area contributed by atoms with Gasteiger partial charge in [0.05, 0.1) is 13.2 Å². The second kappa shape index (κ2) is 12.0. The Labute approximate surface area is 151 Å². The summed E-state index contributed by atoms with van der Waals surface area (Å²) in [5.74, 6) is 1.62. The van der Waals surface area contributed by atoms with Gasteiger partial charge >= 0.3 is 0 Å². The number of hydrogen-bond donors (Lipinski definition) is 0. The molecule has 0 unspecified atom stereocenters. The van der Waals surface area contributed by atoms with Gasteiger partial charge in [0.25, 0.3) is 0 Å². The smallest absolute Gasteiger partial charge is 0.119 e. The van der Waals surface area contributed by atoms with E-state index in [0.717, 1.165) is 37.2 Å². The summed E-state index contributed by atoms with van der Waals surface area (Å²) in [5, 5.41) is 0. The Morgan fingerprint density at radius 3 is 1.41 bits per heavy atom. The van der Waals surface area contributed by atoms with Crippen molar-refractivity contribution in [3.8, 4) is 11.5 Å². The molecule has 0 atom stereocenters. The predicted octanol–water partition coefficient (Wildman–Crippen LogP) is 6.64. The highest BCUT2D eigenvalue weighted by Gasteiger charge is 1.97. The zero-order valence-electron chi connectivity index (χ0n) is 12.0. The number of halogens is 4. The van der Waals surface area contributed by atoms with Gasteiger partial charge in [0.15, 0.2) is 0 Å². The third-order valence-electron chi connectivity index (χ3n) is 2.66. The highest BCUT2D eigenvalue weighted by atomic mass is 35.5. The average molecular weight is 384 g/mol. The van der Waals surface area contributed by atoms with Gasteiger partial charge in [0.1, 0.15) is 20.5 Å². The Hall–Kier alpha value is -0.540. The first-order valence-electron chi connectivity index (χ1n) is 6.96. The maximum Gasteiger partial charge on any atom is 0.119 e. The zero-order chi connectivity index (χ0) is 16.2. The second-order valence-corrected chi connectivity index (χ2v) is 6.46. The molecular weight excluding hydrogens is 366 g/mol. The highest BCUT2D eigenvalue weighted by Crippen LogP contribution is 2.18. The van der Waals surface area contributed by atoms with Gasteiger partial charge in [-0.1, -0.05) is 58.6 Å². The predicted molar refractivity (Wildman–Crippen MR) is 95.5 cm³/mol. The Morgan fingerprint density at radius 1 is 0.727 bits per heavy atom. The van der Waals surface area contributed by atoms with E-state index in [1.807, 2.05) is 24.3 Å². The molecule has 0 saturated heterocycles. The number of hydrogen-bond acceptors (Lipinski definition) is 2. The Morgan fingerprint density at radius 2 is 1.09 bits per heavy atom. The summed E-state index contributed by atoms with van der Waals surface area (Å²) in [5.41, 5.74) is 0. The number of allylic oxidation sites excluding steroid dienone is 2. The molecule has 22 heavy (non-hydrogen) atoms. The van der Waals surface area contributed by atoms with Crippen LogP contribution in [0.3, 0.4) is 0 Å². The average Bonchev–Trinajstić information content (AvgIpc) is 2.47. The molecule has 0 aliphatic rings. The summed E-state index contributed by atoms with van der Waals surface area (Å²) < 4.78 is 11.8. The molecule has 0 radical (unpaired) electrons. The molecule has 1 aromatic rings. The molecule has 0 bridgehead atoms. The lowest BCUT2D eigenvalue weighted by Gasteiger charge is -2.08. The normalized spacial score (nSPS) is 10.0. The van der Waals surface area contributed by atoms with Gasteiger partial charge in [-0.25, -0.2) is 0 Å². The summed E-state index contributed by atoms with van der Waals surface area (Å²) in [6.45, 7) is 1.23. The molecule has 2 nitrogen and oxygen atoms in total. The number of ether oxygens (including phenoxy) is 2. The highest BCUT2D eigenvalue weighted by molar-refractivity contribution is 6.56. The van der Waals surface area contributed by atoms with E-state index >= 15 is 0 Å². The van der Waals surface area contributed by atoms with Crippen molar-refractivity contribution in [2.24, 2.45) is 0 Å². The van der Waals surface area contributed by atoms with E-state index in [1.54, 1.807) is 12.2 Å². The summed E-state index contributed by atoms with van der Waals surface area (Å²) in [7, 11) is 0. The zero-order valence-corrected chi connectivity index (χ0v) is 15.1. The molecule has 0 spiro atoms. The van der Waals surface area contributed by atoms with Crippen LogP contribution in [0.15, 0.2) is 45.4 Å². The van der Waals surface area contributed by atoms with Crippen molar-refractivity contribution in [2.75, 3.05) is 13.2 Å². The van der Waals surface area contributed by atoms with Crippen molar-refractivity contribution in [2.45, 2.75) is 25.7 Å². The summed E-state index contributed by atoms with van der Waals surface area (Å²) in [6.07, 6.45) is 6.83. The van der Waals surface area contributed by atoms with Crippen LogP contribution in [0.5, 0.6) is 11.5 Å². The van der Waals surface area contributed by atoms with Crippen molar-refractivity contribution < 1.29 is 9.47 Å². The minimum absolute atomic E-state index is 0.297. The third kappa shape index (κ3) is 10.2. The Balaban J connectivity index is 2.19. The van der Waals surface area contributed by atoms with Gasteiger partial charge in [-0.2, -0.15) is 0 Å². The molecule has 0 aliphatic carbocycles. The summed E-state index contributed by atoms with van der Waals surface area (Å²) in [4.78, 5) is 0. The fourth-order valence-electron chi connectivity index (χ4n) is 1.60. The fraction of sp³-hybridized carbons (Fsp3) is 0.375. The monoisotopic (exact) mass is 382 g/mol. The van der Waals surface area contributed by atoms with Gasteiger partial charge in [0, 0.05) is 0 Å². The first kappa shape index (κ1) is 19.5. The molecule has 0 aromatic heterocycles. The van der Waals surface area contributed by atoms with E-state index in [-0.39, 0.29) is 0 Å². The van der Waals surface area contributed by atoms with E-state index in [9.17, 15) is 0 Å². The van der Waals surface area contributed by atoms with Crippen LogP contribution in [-0.2, 0) is 0 Å². The maximum atomic E-state index is 5.60. The van der Waals surface area contributed by atoms with E-state index in [4.69, 9.17) is 55.9 Å². The standard InChI is InChI=1S/C16H18Cl4O2/c17-15(18)5-1-3-11-21-13-7-9-14(10-8-13)22-12-4-2-6-16(19)20/h5-10H,1-4,11-12H2. The van der Waals surface area contributed by atoms with Crippen molar-refractivity contribution in [1.29, 1.82) is 0 Å². The third-order valence-corrected chi connectivity index (χ3v) is 3.27. The van der Waals surface area contributed by atoms with Crippen LogP contribution in [0.4, 0.5) is 0 Å². The quantitative estimate of drug-likeness (QED) is 0.421. The maximum absolute atomic E-state index is 5.60. The summed E-state index contributed by atoms with van der Waals surface area (Å²) in [6, 6.07) is 7.54. The molecule has 0 fully saturated rings. The molecule has 0 heterocycles. The van der Waals surface area contributed by atoms with Crippen LogP contribution in [-0.4, -0.2) is 13.2 Å². The second-order valence-electron chi connectivity index (χ2n) is 4.44. The Bertz CT molecular complexity index is 430. The largest absolute Gasteiger partial charge is 0.494 e. The van der Waals surface area contributed by atoms with Gasteiger partial charge < -0.3 is 9.47 Å². The molecule has 1 aromatic carbocycles. The first-order chi connectivity index (χ1) is 10.6. The minimum Gasteiger partial charge on any atom is -0.494 e. The van der Waals surface area contributed by atoms with E-state index < -0.39 is 0 Å². The molecule has 6 heteroatoms. The van der Waals surface area contributed by atoms with Crippen LogP contribution in [0, 0.1) is 0 Å². The topological polar surface area (TPSA) is 18.5 Å². The molecule has 1 rings (SSSR count). The van der Waals surface area contributed by atoms with Crippen molar-refractivity contribution >= 4 is 46.4 Å². The number of benzene rings is 1. The van der Waals surface area contributed by atoms with Gasteiger partial charge in [0.2, 0.25) is 0 Å². The van der Waals surface area contributed by atoms with Crippen LogP contribution in [0.2, 0.25) is 0 Å². The fourth-order valence-corrected chi connectivity index (χ4v) is 2.04. The van der Waals surface area contributed by atoms with Crippen LogP contribution >= 0.6 is 46.4 Å². The molecule has 122 valence electrons. The van der Waals surface area contributed by atoms with Gasteiger partial charge in [-0.05, 0) is 49.9 Å². The number of unbranched alkanes of at least 4 members (excludes halogenated alkanes) is 2. The molecule has 0 N–H and O–H groups in total. The molecule has 0 amide bonds. The van der Waals surface area contributed by atoms with Gasteiger partial charge in [-0.3, -0.25) is 0 Å². The number of rotatable bonds is 10. The van der Waals surface area contributed by atoms with Crippen LogP contribution in [0.25, 0.3) is 0 Å². The van der Waals surface area contributed by atoms with Crippen LogP contribution < -0.4 is 9.47 Å². The van der Waals surface area contributed by atoms with Crippen LogP contribution in [0.1, 0.15) is 25.7 Å².